The number of rotatable bonds is 4. The number of nitrogens with zero attached hydrogens (tertiary/aromatic N) is 2. The molecule has 0 aliphatic carbocycles. The molecule has 0 saturated carbocycles. The van der Waals surface area contributed by atoms with Crippen LogP contribution in [0.25, 0.3) is 0 Å². The Labute approximate surface area is 162 Å². The zero-order valence-corrected chi connectivity index (χ0v) is 16.4. The molecule has 0 spiro atoms. The number of hydrogen-bond acceptors (Lipinski definition) is 7. The predicted octanol–water partition coefficient (Wildman–Crippen LogP) is 0.638. The first-order valence-corrected chi connectivity index (χ1v) is 9.12. The van der Waals surface area contributed by atoms with Crippen molar-refractivity contribution in [1.29, 1.82) is 0 Å². The molecule has 2 heterocycles. The van der Waals surface area contributed by atoms with E-state index in [0.717, 1.165) is 0 Å². The molecule has 11 heteroatoms. The second-order valence-electron chi connectivity index (χ2n) is 7.67. The first kappa shape index (κ1) is 21.5. The van der Waals surface area contributed by atoms with Crippen molar-refractivity contribution < 1.29 is 33.5 Å². The van der Waals surface area contributed by atoms with Gasteiger partial charge in [0.1, 0.15) is 17.8 Å². The van der Waals surface area contributed by atoms with Crippen molar-refractivity contribution in [3.8, 4) is 0 Å². The van der Waals surface area contributed by atoms with Gasteiger partial charge in [-0.3, -0.25) is 24.6 Å². The predicted molar refractivity (Wildman–Crippen MR) is 94.3 cm³/mol. The van der Waals surface area contributed by atoms with Gasteiger partial charge in [-0.2, -0.15) is 0 Å². The maximum atomic E-state index is 12.5. The third kappa shape index (κ3) is 5.57. The topological polar surface area (TPSA) is 134 Å². The first-order chi connectivity index (χ1) is 13.0. The number of amides is 5. The summed E-state index contributed by atoms with van der Waals surface area (Å²) in [4.78, 5) is 65.5. The van der Waals surface area contributed by atoms with Crippen LogP contribution in [-0.4, -0.2) is 64.2 Å². The van der Waals surface area contributed by atoms with Crippen LogP contribution < -0.4 is 10.6 Å². The van der Waals surface area contributed by atoms with Gasteiger partial charge in [0.05, 0.1) is 0 Å². The summed E-state index contributed by atoms with van der Waals surface area (Å²) in [7, 11) is 0. The molecule has 2 saturated heterocycles. The maximum Gasteiger partial charge on any atom is 0.433 e. The van der Waals surface area contributed by atoms with Crippen molar-refractivity contribution in [2.75, 3.05) is 6.54 Å². The summed E-state index contributed by atoms with van der Waals surface area (Å²) in [5.41, 5.74) is -0.677. The molecule has 2 N–H and O–H groups in total. The SMILES string of the molecule is C[C@H](NC(=O)ON1C(=O)CCC1=O)NC(=O)[C@@H]1CCCN1C(=O)OC(C)(C)C. The Kier molecular flexibility index (Phi) is 6.47. The Balaban J connectivity index is 1.85. The number of hydrogen-bond donors (Lipinski definition) is 2. The van der Waals surface area contributed by atoms with Crippen molar-refractivity contribution in [3.63, 3.8) is 0 Å². The number of ether oxygens (including phenoxy) is 1. The number of carbonyl (C=O) groups excluding carboxylic acids is 5. The van der Waals surface area contributed by atoms with E-state index in [1.807, 2.05) is 0 Å². The molecule has 0 aromatic rings. The Morgan fingerprint density at radius 1 is 1.11 bits per heavy atom. The molecule has 2 atom stereocenters. The third-order valence-electron chi connectivity index (χ3n) is 4.06. The van der Waals surface area contributed by atoms with E-state index in [-0.39, 0.29) is 12.8 Å². The Morgan fingerprint density at radius 2 is 1.71 bits per heavy atom. The summed E-state index contributed by atoms with van der Waals surface area (Å²) in [6, 6.07) is -0.711. The molecular formula is C17H26N4O7. The zero-order chi connectivity index (χ0) is 21.1. The molecule has 2 rings (SSSR count). The van der Waals surface area contributed by atoms with Crippen LogP contribution in [0.3, 0.4) is 0 Å². The van der Waals surface area contributed by atoms with Crippen LogP contribution in [-0.2, 0) is 24.0 Å². The van der Waals surface area contributed by atoms with Gasteiger partial charge < -0.3 is 14.9 Å². The lowest BCUT2D eigenvalue weighted by Gasteiger charge is -2.28. The minimum atomic E-state index is -1.05. The van der Waals surface area contributed by atoms with Gasteiger partial charge in [-0.05, 0) is 40.5 Å². The smallest absolute Gasteiger partial charge is 0.433 e. The molecule has 5 amide bonds. The molecule has 2 aliphatic heterocycles. The lowest BCUT2D eigenvalue weighted by molar-refractivity contribution is -0.171. The third-order valence-corrected chi connectivity index (χ3v) is 4.06. The van der Waals surface area contributed by atoms with Crippen molar-refractivity contribution in [3.05, 3.63) is 0 Å². The fourth-order valence-electron chi connectivity index (χ4n) is 2.87. The van der Waals surface area contributed by atoms with Gasteiger partial charge in [-0.25, -0.2) is 9.59 Å². The lowest BCUT2D eigenvalue weighted by Crippen LogP contribution is -2.54. The normalized spacial score (nSPS) is 20.8. The molecule has 0 aromatic carbocycles. The molecule has 0 bridgehead atoms. The molecule has 0 aromatic heterocycles. The number of carbonyl (C=O) groups is 5. The van der Waals surface area contributed by atoms with Gasteiger partial charge >= 0.3 is 12.2 Å². The van der Waals surface area contributed by atoms with Crippen molar-refractivity contribution in [2.24, 2.45) is 0 Å². The van der Waals surface area contributed by atoms with Crippen LogP contribution in [0.4, 0.5) is 9.59 Å². The molecule has 2 aliphatic rings. The van der Waals surface area contributed by atoms with E-state index < -0.39 is 47.7 Å². The van der Waals surface area contributed by atoms with Crippen molar-refractivity contribution in [1.82, 2.24) is 20.6 Å². The summed E-state index contributed by atoms with van der Waals surface area (Å²) in [6.07, 6.45) is -1.38. The Hall–Kier alpha value is -2.85. The molecule has 28 heavy (non-hydrogen) atoms. The van der Waals surface area contributed by atoms with E-state index in [0.29, 0.717) is 24.4 Å². The van der Waals surface area contributed by atoms with E-state index in [1.54, 1.807) is 20.8 Å². The molecular weight excluding hydrogens is 372 g/mol. The monoisotopic (exact) mass is 398 g/mol. The van der Waals surface area contributed by atoms with Crippen LogP contribution in [0.1, 0.15) is 53.4 Å². The molecule has 0 unspecified atom stereocenters. The molecule has 2 fully saturated rings. The molecule has 11 nitrogen and oxygen atoms in total. The van der Waals surface area contributed by atoms with Crippen molar-refractivity contribution in [2.45, 2.75) is 71.2 Å². The zero-order valence-electron chi connectivity index (χ0n) is 16.4. The van der Waals surface area contributed by atoms with Crippen LogP contribution >= 0.6 is 0 Å². The van der Waals surface area contributed by atoms with Gasteiger partial charge in [0.2, 0.25) is 5.91 Å². The highest BCUT2D eigenvalue weighted by Gasteiger charge is 2.37. The fourth-order valence-corrected chi connectivity index (χ4v) is 2.87. The minimum Gasteiger partial charge on any atom is -0.444 e. The van der Waals surface area contributed by atoms with Gasteiger partial charge in [0.15, 0.2) is 0 Å². The lowest BCUT2D eigenvalue weighted by atomic mass is 10.2. The summed E-state index contributed by atoms with van der Waals surface area (Å²) >= 11 is 0. The van der Waals surface area contributed by atoms with Crippen LogP contribution in [0, 0.1) is 0 Å². The van der Waals surface area contributed by atoms with Crippen LogP contribution in [0.2, 0.25) is 0 Å². The summed E-state index contributed by atoms with van der Waals surface area (Å²) < 4.78 is 5.31. The summed E-state index contributed by atoms with van der Waals surface area (Å²) in [6.45, 7) is 7.10. The number of hydroxylamine groups is 2. The highest BCUT2D eigenvalue weighted by molar-refractivity contribution is 6.01. The summed E-state index contributed by atoms with van der Waals surface area (Å²) in [5, 5.41) is 5.28. The molecule has 156 valence electrons. The second-order valence-corrected chi connectivity index (χ2v) is 7.67. The second kappa shape index (κ2) is 8.44. The number of likely N-dealkylation sites (tertiary alicyclic amines) is 1. The average Bonchev–Trinajstić information content (AvgIpc) is 3.15. The highest BCUT2D eigenvalue weighted by Crippen LogP contribution is 2.21. The maximum absolute atomic E-state index is 12.5. The summed E-state index contributed by atoms with van der Waals surface area (Å²) in [5.74, 6) is -1.66. The van der Waals surface area contributed by atoms with Gasteiger partial charge in [0.25, 0.3) is 11.8 Å². The molecule has 0 radical (unpaired) electrons. The Morgan fingerprint density at radius 3 is 2.29 bits per heavy atom. The van der Waals surface area contributed by atoms with Gasteiger partial charge in [-0.1, -0.05) is 0 Å². The standard InChI is InChI=1S/C17H26N4O7/c1-10(19-15(25)28-21-12(22)7-8-13(21)23)18-14(24)11-6-5-9-20(11)16(26)27-17(2,3)4/h10-11H,5-9H2,1-4H3,(H,18,24)(H,19,25)/t10-,11-/m0/s1. The van der Waals surface area contributed by atoms with E-state index in [2.05, 4.69) is 15.5 Å². The average molecular weight is 398 g/mol. The Bertz CT molecular complexity index is 657. The highest BCUT2D eigenvalue weighted by atomic mass is 16.7. The van der Waals surface area contributed by atoms with E-state index in [1.165, 1.54) is 11.8 Å². The fraction of sp³-hybridized carbons (Fsp3) is 0.706. The van der Waals surface area contributed by atoms with E-state index in [9.17, 15) is 24.0 Å². The van der Waals surface area contributed by atoms with Crippen LogP contribution in [0.5, 0.6) is 0 Å². The van der Waals surface area contributed by atoms with E-state index in [4.69, 9.17) is 4.74 Å². The van der Waals surface area contributed by atoms with Gasteiger partial charge in [0, 0.05) is 19.4 Å². The van der Waals surface area contributed by atoms with Crippen molar-refractivity contribution >= 4 is 29.9 Å². The largest absolute Gasteiger partial charge is 0.444 e. The number of imide groups is 1. The number of nitrogens with one attached hydrogen (secondary N) is 2. The van der Waals surface area contributed by atoms with Gasteiger partial charge in [-0.15, -0.1) is 5.06 Å². The minimum absolute atomic E-state index is 0.0133. The van der Waals surface area contributed by atoms with Crippen LogP contribution in [0.15, 0.2) is 0 Å². The quantitative estimate of drug-likeness (QED) is 0.524. The first-order valence-electron chi connectivity index (χ1n) is 9.12. The van der Waals surface area contributed by atoms with E-state index >= 15 is 0 Å².